The lowest BCUT2D eigenvalue weighted by Crippen LogP contribution is -2.07. The summed E-state index contributed by atoms with van der Waals surface area (Å²) in [6, 6.07) is 4.89. The first-order valence-electron chi connectivity index (χ1n) is 10.6. The maximum absolute atomic E-state index is 2.45. The van der Waals surface area contributed by atoms with Crippen LogP contribution in [0.4, 0.5) is 0 Å². The van der Waals surface area contributed by atoms with Gasteiger partial charge in [-0.05, 0) is 79.0 Å². The van der Waals surface area contributed by atoms with E-state index in [9.17, 15) is 0 Å². The van der Waals surface area contributed by atoms with E-state index in [1.165, 1.54) is 64.2 Å². The summed E-state index contributed by atoms with van der Waals surface area (Å²) in [6.07, 6.45) is 13.1. The van der Waals surface area contributed by atoms with E-state index in [1.54, 1.807) is 22.3 Å². The van der Waals surface area contributed by atoms with Crippen molar-refractivity contribution in [2.24, 2.45) is 11.8 Å². The molecule has 0 aromatic heterocycles. The molecule has 0 radical (unpaired) electrons. The van der Waals surface area contributed by atoms with Gasteiger partial charge < -0.3 is 0 Å². The SMILES string of the molecule is CCCCCCc1c(CC)ccc(CCC(C)C)c1CCC(C)C. The first-order valence-corrected chi connectivity index (χ1v) is 10.6. The minimum atomic E-state index is 0.793. The molecule has 1 aromatic rings. The van der Waals surface area contributed by atoms with Gasteiger partial charge in [-0.1, -0.05) is 72.9 Å². The van der Waals surface area contributed by atoms with Gasteiger partial charge in [0, 0.05) is 0 Å². The molecular formula is C24H42. The van der Waals surface area contributed by atoms with Crippen LogP contribution in [0.3, 0.4) is 0 Å². The molecule has 1 aromatic carbocycles. The summed E-state index contributed by atoms with van der Waals surface area (Å²) in [6.45, 7) is 14.0. The lowest BCUT2D eigenvalue weighted by atomic mass is 9.85. The minimum Gasteiger partial charge on any atom is -0.0654 e. The van der Waals surface area contributed by atoms with Gasteiger partial charge in [0.15, 0.2) is 0 Å². The molecule has 0 fully saturated rings. The Balaban J connectivity index is 3.04. The highest BCUT2D eigenvalue weighted by Gasteiger charge is 2.13. The van der Waals surface area contributed by atoms with E-state index in [4.69, 9.17) is 0 Å². The largest absolute Gasteiger partial charge is 0.0654 e. The number of hydrogen-bond donors (Lipinski definition) is 0. The first-order chi connectivity index (χ1) is 11.5. The second kappa shape index (κ2) is 11.7. The smallest absolute Gasteiger partial charge is 0.0271 e. The predicted molar refractivity (Wildman–Crippen MR) is 110 cm³/mol. The Morgan fingerprint density at radius 1 is 0.667 bits per heavy atom. The van der Waals surface area contributed by atoms with Crippen molar-refractivity contribution in [1.82, 2.24) is 0 Å². The summed E-state index contributed by atoms with van der Waals surface area (Å²) < 4.78 is 0. The van der Waals surface area contributed by atoms with Gasteiger partial charge in [-0.2, -0.15) is 0 Å². The van der Waals surface area contributed by atoms with E-state index in [0.717, 1.165) is 11.8 Å². The van der Waals surface area contributed by atoms with Crippen molar-refractivity contribution in [1.29, 1.82) is 0 Å². The zero-order valence-electron chi connectivity index (χ0n) is 17.4. The van der Waals surface area contributed by atoms with Gasteiger partial charge >= 0.3 is 0 Å². The van der Waals surface area contributed by atoms with Gasteiger partial charge in [-0.25, -0.2) is 0 Å². The molecule has 0 aliphatic heterocycles. The fourth-order valence-electron chi connectivity index (χ4n) is 3.58. The molecule has 0 atom stereocenters. The number of rotatable bonds is 12. The van der Waals surface area contributed by atoms with E-state index in [-0.39, 0.29) is 0 Å². The van der Waals surface area contributed by atoms with Gasteiger partial charge in [0.2, 0.25) is 0 Å². The van der Waals surface area contributed by atoms with Crippen LogP contribution in [-0.2, 0) is 25.7 Å². The van der Waals surface area contributed by atoms with Crippen LogP contribution in [0, 0.1) is 11.8 Å². The number of benzene rings is 1. The van der Waals surface area contributed by atoms with E-state index in [2.05, 4.69) is 53.7 Å². The van der Waals surface area contributed by atoms with Crippen LogP contribution in [0.1, 0.15) is 102 Å². The second-order valence-corrected chi connectivity index (χ2v) is 8.37. The molecule has 0 N–H and O–H groups in total. The van der Waals surface area contributed by atoms with Crippen molar-refractivity contribution in [2.75, 3.05) is 0 Å². The van der Waals surface area contributed by atoms with Crippen LogP contribution >= 0.6 is 0 Å². The molecule has 0 saturated carbocycles. The number of hydrogen-bond acceptors (Lipinski definition) is 0. The van der Waals surface area contributed by atoms with Crippen LogP contribution in [0.2, 0.25) is 0 Å². The zero-order chi connectivity index (χ0) is 17.9. The fraction of sp³-hybridized carbons (Fsp3) is 0.750. The molecule has 0 heterocycles. The van der Waals surface area contributed by atoms with Crippen LogP contribution in [-0.4, -0.2) is 0 Å². The number of unbranched alkanes of at least 4 members (excludes halogenated alkanes) is 3. The summed E-state index contributed by atoms with van der Waals surface area (Å²) in [4.78, 5) is 0. The summed E-state index contributed by atoms with van der Waals surface area (Å²) in [5.74, 6) is 1.59. The van der Waals surface area contributed by atoms with E-state index in [1.807, 2.05) is 0 Å². The van der Waals surface area contributed by atoms with Crippen molar-refractivity contribution in [3.8, 4) is 0 Å². The van der Waals surface area contributed by atoms with Crippen molar-refractivity contribution < 1.29 is 0 Å². The van der Waals surface area contributed by atoms with Gasteiger partial charge in [-0.3, -0.25) is 0 Å². The van der Waals surface area contributed by atoms with Gasteiger partial charge in [0.25, 0.3) is 0 Å². The van der Waals surface area contributed by atoms with Gasteiger partial charge in [0.05, 0.1) is 0 Å². The molecular weight excluding hydrogens is 288 g/mol. The quantitative estimate of drug-likeness (QED) is 0.347. The highest BCUT2D eigenvalue weighted by Crippen LogP contribution is 2.27. The summed E-state index contributed by atoms with van der Waals surface area (Å²) in [5.41, 5.74) is 6.70. The lowest BCUT2D eigenvalue weighted by molar-refractivity contribution is 0.567. The van der Waals surface area contributed by atoms with Crippen molar-refractivity contribution in [3.63, 3.8) is 0 Å². The Morgan fingerprint density at radius 2 is 1.25 bits per heavy atom. The fourth-order valence-corrected chi connectivity index (χ4v) is 3.58. The van der Waals surface area contributed by atoms with Crippen LogP contribution < -0.4 is 0 Å². The molecule has 0 heteroatoms. The molecule has 0 saturated heterocycles. The lowest BCUT2D eigenvalue weighted by Gasteiger charge is -2.20. The van der Waals surface area contributed by atoms with Crippen molar-refractivity contribution >= 4 is 0 Å². The van der Waals surface area contributed by atoms with Crippen LogP contribution in [0.25, 0.3) is 0 Å². The average molecular weight is 331 g/mol. The molecule has 0 amide bonds. The molecule has 0 aliphatic rings. The molecule has 0 nitrogen and oxygen atoms in total. The summed E-state index contributed by atoms with van der Waals surface area (Å²) in [5, 5.41) is 0. The molecule has 0 unspecified atom stereocenters. The summed E-state index contributed by atoms with van der Waals surface area (Å²) in [7, 11) is 0. The third kappa shape index (κ3) is 7.41. The third-order valence-corrected chi connectivity index (χ3v) is 5.25. The Morgan fingerprint density at radius 3 is 1.83 bits per heavy atom. The number of aryl methyl sites for hydroxylation is 2. The van der Waals surface area contributed by atoms with Crippen molar-refractivity contribution in [2.45, 2.75) is 106 Å². The topological polar surface area (TPSA) is 0 Å². The molecule has 0 aliphatic carbocycles. The zero-order valence-corrected chi connectivity index (χ0v) is 17.4. The van der Waals surface area contributed by atoms with Crippen molar-refractivity contribution in [3.05, 3.63) is 34.4 Å². The average Bonchev–Trinajstić information content (AvgIpc) is 2.55. The Labute approximate surface area is 152 Å². The monoisotopic (exact) mass is 330 g/mol. The molecule has 138 valence electrons. The Kier molecular flexibility index (Phi) is 10.4. The highest BCUT2D eigenvalue weighted by atomic mass is 14.2. The molecule has 24 heavy (non-hydrogen) atoms. The highest BCUT2D eigenvalue weighted by molar-refractivity contribution is 5.42. The second-order valence-electron chi connectivity index (χ2n) is 8.37. The van der Waals surface area contributed by atoms with Crippen LogP contribution in [0.5, 0.6) is 0 Å². The maximum atomic E-state index is 2.45. The molecule has 0 bridgehead atoms. The van der Waals surface area contributed by atoms with Gasteiger partial charge in [0.1, 0.15) is 0 Å². The van der Waals surface area contributed by atoms with Gasteiger partial charge in [-0.15, -0.1) is 0 Å². The third-order valence-electron chi connectivity index (χ3n) is 5.25. The maximum Gasteiger partial charge on any atom is -0.0271 e. The first kappa shape index (κ1) is 21.3. The Hall–Kier alpha value is -0.780. The van der Waals surface area contributed by atoms with E-state index in [0.29, 0.717) is 0 Å². The molecule has 0 spiro atoms. The normalized spacial score (nSPS) is 11.7. The van der Waals surface area contributed by atoms with E-state index >= 15 is 0 Å². The standard InChI is InChI=1S/C24H42/c1-7-9-10-11-12-23-21(8-2)16-17-22(15-13-19(3)4)24(23)18-14-20(5)6/h16-17,19-20H,7-15,18H2,1-6H3. The van der Waals surface area contributed by atoms with Crippen LogP contribution in [0.15, 0.2) is 12.1 Å². The molecule has 1 rings (SSSR count). The van der Waals surface area contributed by atoms with E-state index < -0.39 is 0 Å². The summed E-state index contributed by atoms with van der Waals surface area (Å²) >= 11 is 0. The Bertz CT molecular complexity index is 453. The predicted octanol–water partition coefficient (Wildman–Crippen LogP) is 7.55. The minimum absolute atomic E-state index is 0.793.